The van der Waals surface area contributed by atoms with E-state index in [2.05, 4.69) is 86.5 Å². The molecule has 0 saturated heterocycles. The molecule has 0 N–H and O–H groups in total. The molecule has 1 aromatic carbocycles. The Kier molecular flexibility index (Phi) is 8.07. The summed E-state index contributed by atoms with van der Waals surface area (Å²) in [7, 11) is 0. The minimum absolute atomic E-state index is 0.574. The van der Waals surface area contributed by atoms with Crippen LogP contribution in [0.15, 0.2) is 30.3 Å². The zero-order valence-electron chi connectivity index (χ0n) is 17.1. The normalized spacial score (nSPS) is 17.1. The average Bonchev–Trinajstić information content (AvgIpc) is 3.08. The van der Waals surface area contributed by atoms with Crippen LogP contribution in [0.1, 0.15) is 56.3 Å². The van der Waals surface area contributed by atoms with E-state index in [4.69, 9.17) is 0 Å². The number of nitrogens with zero attached hydrogens (tertiary/aromatic N) is 3. The van der Waals surface area contributed by atoms with Crippen LogP contribution >= 0.6 is 0 Å². The van der Waals surface area contributed by atoms with Crippen LogP contribution in [-0.2, 0) is 21.1 Å². The van der Waals surface area contributed by atoms with Gasteiger partial charge in [0.15, 0.2) is 0 Å². The van der Waals surface area contributed by atoms with Crippen LogP contribution in [0.5, 0.6) is 0 Å². The summed E-state index contributed by atoms with van der Waals surface area (Å²) in [6.45, 7) is 21.0. The average molecular weight is 423 g/mol. The fourth-order valence-electron chi connectivity index (χ4n) is 4.84. The van der Waals surface area contributed by atoms with Crippen molar-refractivity contribution < 1.29 is 21.1 Å². The van der Waals surface area contributed by atoms with Crippen molar-refractivity contribution in [3.8, 4) is 0 Å². The predicted octanol–water partition coefficient (Wildman–Crippen LogP) is 4.68. The predicted molar refractivity (Wildman–Crippen MR) is 107 cm³/mol. The van der Waals surface area contributed by atoms with Gasteiger partial charge in [0, 0.05) is 0 Å². The molecule has 140 valence electrons. The summed E-state index contributed by atoms with van der Waals surface area (Å²) < 4.78 is 9.22. The van der Waals surface area contributed by atoms with Gasteiger partial charge in [0.1, 0.15) is 0 Å². The van der Waals surface area contributed by atoms with Gasteiger partial charge in [0.2, 0.25) is 0 Å². The quantitative estimate of drug-likeness (QED) is 0.542. The van der Waals surface area contributed by atoms with E-state index in [9.17, 15) is 0 Å². The first-order chi connectivity index (χ1) is 12.1. The molecule has 0 radical (unpaired) electrons. The molecular weight excluding hydrogens is 385 g/mol. The second-order valence-corrected chi connectivity index (χ2v) is 16.2. The fourth-order valence-corrected chi connectivity index (χ4v) is 20.1. The molecule has 0 aromatic heterocycles. The van der Waals surface area contributed by atoms with Crippen molar-refractivity contribution in [2.45, 2.75) is 45.2 Å². The zero-order chi connectivity index (χ0) is 18.4. The second kappa shape index (κ2) is 9.60. The monoisotopic (exact) mass is 421 g/mol. The molecule has 1 aliphatic rings. The van der Waals surface area contributed by atoms with Gasteiger partial charge < -0.3 is 0 Å². The van der Waals surface area contributed by atoms with Gasteiger partial charge in [-0.05, 0) is 0 Å². The molecule has 4 heteroatoms. The third-order valence-electron chi connectivity index (χ3n) is 5.90. The first-order valence-corrected chi connectivity index (χ1v) is 14.9. The zero-order valence-corrected chi connectivity index (χ0v) is 19.6. The van der Waals surface area contributed by atoms with Gasteiger partial charge in [-0.15, -0.1) is 0 Å². The first-order valence-electron chi connectivity index (χ1n) is 10.2. The molecule has 1 aromatic rings. The maximum absolute atomic E-state index is 3.10. The number of hydrogen-bond donors (Lipinski definition) is 0. The summed E-state index contributed by atoms with van der Waals surface area (Å²) in [6, 6.07) is 9.06. The molecule has 0 bridgehead atoms. The van der Waals surface area contributed by atoms with Crippen molar-refractivity contribution in [3.05, 3.63) is 41.5 Å². The molecule has 0 spiro atoms. The van der Waals surface area contributed by atoms with E-state index >= 15 is 0 Å². The van der Waals surface area contributed by atoms with Crippen LogP contribution in [0.2, 0.25) is 0 Å². The Morgan fingerprint density at radius 2 is 1.16 bits per heavy atom. The summed E-state index contributed by atoms with van der Waals surface area (Å²) in [4.78, 5) is 0. The van der Waals surface area contributed by atoms with Crippen LogP contribution < -0.4 is 0 Å². The van der Waals surface area contributed by atoms with Crippen molar-refractivity contribution in [1.29, 1.82) is 0 Å². The van der Waals surface area contributed by atoms with Gasteiger partial charge in [0.25, 0.3) is 0 Å². The molecule has 3 nitrogen and oxygen atoms in total. The van der Waals surface area contributed by atoms with Crippen molar-refractivity contribution in [2.75, 3.05) is 39.3 Å². The Morgan fingerprint density at radius 1 is 0.720 bits per heavy atom. The molecule has 25 heavy (non-hydrogen) atoms. The number of fused-ring (bicyclic) bond motifs is 1. The molecule has 0 heterocycles. The molecule has 1 aliphatic carbocycles. The van der Waals surface area contributed by atoms with Crippen LogP contribution in [0.4, 0.5) is 0 Å². The molecule has 1 atom stereocenters. The number of hydrogen-bond acceptors (Lipinski definition) is 3. The number of benzene rings is 1. The summed E-state index contributed by atoms with van der Waals surface area (Å²) >= 11 is -3.10. The standard InChI is InChI=1S/C9H7.3C4H10N.Zr/c1-2-5-9-7-3-6-8(9)4-1;3*1-3-5-4-2;/h1-7H;3*3-4H2,1-2H3;/q;3*-1;+3. The van der Waals surface area contributed by atoms with Gasteiger partial charge in [-0.25, -0.2) is 0 Å². The SMILES string of the molecule is CC[N](CC)[Zr]([CH]1C=Cc2ccccc21)([N](CC)CC)[N](CC)CC. The van der Waals surface area contributed by atoms with Crippen molar-refractivity contribution in [1.82, 2.24) is 8.53 Å². The Hall–Kier alpha value is -0.277. The Balaban J connectivity index is 2.71. The minimum atomic E-state index is -3.10. The molecule has 0 saturated carbocycles. The van der Waals surface area contributed by atoms with Crippen molar-refractivity contribution in [2.24, 2.45) is 0 Å². The van der Waals surface area contributed by atoms with Crippen molar-refractivity contribution >= 4 is 6.08 Å². The van der Waals surface area contributed by atoms with Crippen LogP contribution in [0.25, 0.3) is 6.08 Å². The summed E-state index contributed by atoms with van der Waals surface area (Å²) in [5, 5.41) is 0. The van der Waals surface area contributed by atoms with Gasteiger partial charge >= 0.3 is 162 Å². The molecule has 0 amide bonds. The molecule has 0 fully saturated rings. The van der Waals surface area contributed by atoms with E-state index in [0.29, 0.717) is 3.63 Å². The van der Waals surface area contributed by atoms with E-state index in [-0.39, 0.29) is 0 Å². The molecule has 2 rings (SSSR count). The molecule has 1 unspecified atom stereocenters. The number of rotatable bonds is 10. The van der Waals surface area contributed by atoms with Crippen LogP contribution in [0, 0.1) is 0 Å². The topological polar surface area (TPSA) is 9.72 Å². The molecule has 0 aliphatic heterocycles. The Morgan fingerprint density at radius 3 is 1.60 bits per heavy atom. The van der Waals surface area contributed by atoms with Gasteiger partial charge in [-0.3, -0.25) is 0 Å². The fraction of sp³-hybridized carbons (Fsp3) is 0.619. The third kappa shape index (κ3) is 3.61. The maximum atomic E-state index is 2.88. The summed E-state index contributed by atoms with van der Waals surface area (Å²) in [5.41, 5.74) is 2.99. The van der Waals surface area contributed by atoms with E-state index < -0.39 is 21.1 Å². The summed E-state index contributed by atoms with van der Waals surface area (Å²) in [5.74, 6) is 0. The van der Waals surface area contributed by atoms with Gasteiger partial charge in [-0.2, -0.15) is 0 Å². The Labute approximate surface area is 161 Å². The van der Waals surface area contributed by atoms with E-state index in [0.717, 1.165) is 39.3 Å². The third-order valence-corrected chi connectivity index (χ3v) is 20.7. The van der Waals surface area contributed by atoms with E-state index in [1.54, 1.807) is 5.56 Å². The molecular formula is C21H37N3Zr. The van der Waals surface area contributed by atoms with Crippen LogP contribution in [0.3, 0.4) is 0 Å². The second-order valence-electron chi connectivity index (χ2n) is 6.67. The van der Waals surface area contributed by atoms with Crippen LogP contribution in [-0.4, -0.2) is 47.8 Å². The van der Waals surface area contributed by atoms with Crippen molar-refractivity contribution in [3.63, 3.8) is 0 Å². The first kappa shape index (κ1) is 21.0. The van der Waals surface area contributed by atoms with Gasteiger partial charge in [-0.1, -0.05) is 0 Å². The van der Waals surface area contributed by atoms with Gasteiger partial charge in [0.05, 0.1) is 0 Å². The number of allylic oxidation sites excluding steroid dienone is 1. The van der Waals surface area contributed by atoms with E-state index in [1.807, 2.05) is 0 Å². The van der Waals surface area contributed by atoms with E-state index in [1.165, 1.54) is 5.56 Å². The summed E-state index contributed by atoms with van der Waals surface area (Å²) in [6.07, 6.45) is 4.91. The Bertz CT molecular complexity index is 529.